The molecule has 0 saturated heterocycles. The Labute approximate surface area is 103 Å². The molecule has 94 valence electrons. The third kappa shape index (κ3) is 2.17. The number of carbonyl (C=O) groups is 1. The number of esters is 1. The second-order valence-corrected chi connectivity index (χ2v) is 3.72. The molecule has 6 heteroatoms. The summed E-state index contributed by atoms with van der Waals surface area (Å²) in [5, 5.41) is 4.97. The van der Waals surface area contributed by atoms with E-state index in [1.807, 2.05) is 0 Å². The number of rotatable bonds is 3. The van der Waals surface area contributed by atoms with E-state index in [0.29, 0.717) is 23.1 Å². The first kappa shape index (κ1) is 12.1. The minimum atomic E-state index is -0.395. The third-order valence-electron chi connectivity index (χ3n) is 2.52. The molecule has 0 unspecified atom stereocenters. The van der Waals surface area contributed by atoms with Crippen LogP contribution in [0.3, 0.4) is 0 Å². The van der Waals surface area contributed by atoms with Gasteiger partial charge in [0.2, 0.25) is 0 Å². The fourth-order valence-corrected chi connectivity index (χ4v) is 1.75. The molecular weight excluding hydrogens is 234 g/mol. The fraction of sp³-hybridized carbons (Fsp3) is 0.250. The molecule has 0 aliphatic heterocycles. The number of ether oxygens (including phenoxy) is 1. The van der Waals surface area contributed by atoms with Crippen LogP contribution in [0.5, 0.6) is 0 Å². The molecule has 0 aliphatic rings. The summed E-state index contributed by atoms with van der Waals surface area (Å²) in [4.78, 5) is 24.0. The Kier molecular flexibility index (Phi) is 3.27. The molecule has 0 amide bonds. The maximum absolute atomic E-state index is 11.8. The number of nitrogens with zero attached hydrogens (tertiary/aromatic N) is 2. The first-order valence-corrected chi connectivity index (χ1v) is 5.55. The van der Waals surface area contributed by atoms with Crippen LogP contribution in [-0.2, 0) is 16.0 Å². The number of aromatic nitrogens is 2. The predicted octanol–water partition coefficient (Wildman–Crippen LogP) is 0.216. The van der Waals surface area contributed by atoms with Crippen molar-refractivity contribution in [3.05, 3.63) is 40.3 Å². The first-order valence-electron chi connectivity index (χ1n) is 5.55. The van der Waals surface area contributed by atoms with Crippen LogP contribution in [0.15, 0.2) is 29.1 Å². The molecular formula is C12H13N3O3. The Morgan fingerprint density at radius 2 is 2.06 bits per heavy atom. The highest BCUT2D eigenvalue weighted by atomic mass is 16.5. The molecule has 0 aliphatic carbocycles. The van der Waals surface area contributed by atoms with Crippen LogP contribution in [0.4, 0.5) is 0 Å². The standard InChI is InChI=1S/C12H13N3O3/c1-2-18-11(16)7-10-8-5-3-4-6-9(8)12(17)15(13)14-10/h3-6H,2,7,13H2,1H3. The van der Waals surface area contributed by atoms with Crippen LogP contribution in [-0.4, -0.2) is 22.5 Å². The highest BCUT2D eigenvalue weighted by Crippen LogP contribution is 2.13. The van der Waals surface area contributed by atoms with Gasteiger partial charge in [0.1, 0.15) is 0 Å². The average molecular weight is 247 g/mol. The first-order chi connectivity index (χ1) is 8.63. The molecule has 0 saturated carbocycles. The molecule has 2 aromatic rings. The van der Waals surface area contributed by atoms with Crippen LogP contribution in [0.2, 0.25) is 0 Å². The SMILES string of the molecule is CCOC(=O)Cc1nn(N)c(=O)c2ccccc12. The van der Waals surface area contributed by atoms with Crippen LogP contribution in [0.25, 0.3) is 10.8 Å². The summed E-state index contributed by atoms with van der Waals surface area (Å²) in [6, 6.07) is 6.90. The summed E-state index contributed by atoms with van der Waals surface area (Å²) < 4.78 is 4.86. The summed E-state index contributed by atoms with van der Waals surface area (Å²) in [6.45, 7) is 2.03. The van der Waals surface area contributed by atoms with Crippen LogP contribution < -0.4 is 11.4 Å². The molecule has 0 atom stereocenters. The topological polar surface area (TPSA) is 87.2 Å². The lowest BCUT2D eigenvalue weighted by atomic mass is 10.1. The van der Waals surface area contributed by atoms with Gasteiger partial charge in [0.05, 0.1) is 24.1 Å². The van der Waals surface area contributed by atoms with E-state index in [9.17, 15) is 9.59 Å². The zero-order valence-electron chi connectivity index (χ0n) is 9.92. The summed E-state index contributed by atoms with van der Waals surface area (Å²) >= 11 is 0. The van der Waals surface area contributed by atoms with Gasteiger partial charge in [-0.15, -0.1) is 4.79 Å². The van der Waals surface area contributed by atoms with E-state index < -0.39 is 11.5 Å². The predicted molar refractivity (Wildman–Crippen MR) is 66.5 cm³/mol. The Morgan fingerprint density at radius 3 is 2.72 bits per heavy atom. The van der Waals surface area contributed by atoms with Gasteiger partial charge < -0.3 is 10.6 Å². The number of nitrogens with two attached hydrogens (primary N) is 1. The molecule has 0 fully saturated rings. The van der Waals surface area contributed by atoms with E-state index in [-0.39, 0.29) is 6.42 Å². The van der Waals surface area contributed by atoms with Gasteiger partial charge in [-0.1, -0.05) is 18.2 Å². The fourth-order valence-electron chi connectivity index (χ4n) is 1.75. The molecule has 6 nitrogen and oxygen atoms in total. The zero-order chi connectivity index (χ0) is 13.1. The molecule has 1 heterocycles. The molecule has 0 spiro atoms. The third-order valence-corrected chi connectivity index (χ3v) is 2.52. The van der Waals surface area contributed by atoms with E-state index in [0.717, 1.165) is 4.79 Å². The number of nitrogen functional groups attached to an aromatic ring is 1. The second kappa shape index (κ2) is 4.87. The molecule has 0 bridgehead atoms. The van der Waals surface area contributed by atoms with Crippen molar-refractivity contribution in [1.82, 2.24) is 9.89 Å². The molecule has 18 heavy (non-hydrogen) atoms. The van der Waals surface area contributed by atoms with Gasteiger partial charge in [-0.2, -0.15) is 5.10 Å². The highest BCUT2D eigenvalue weighted by Gasteiger charge is 2.12. The van der Waals surface area contributed by atoms with E-state index in [4.69, 9.17) is 10.6 Å². The van der Waals surface area contributed by atoms with Crippen LogP contribution >= 0.6 is 0 Å². The highest BCUT2D eigenvalue weighted by molar-refractivity contribution is 5.86. The smallest absolute Gasteiger partial charge is 0.311 e. The number of benzene rings is 1. The summed E-state index contributed by atoms with van der Waals surface area (Å²) in [6.07, 6.45) is -0.00810. The van der Waals surface area contributed by atoms with Gasteiger partial charge in [0, 0.05) is 5.39 Å². The largest absolute Gasteiger partial charge is 0.466 e. The van der Waals surface area contributed by atoms with Gasteiger partial charge in [-0.25, -0.2) is 0 Å². The van der Waals surface area contributed by atoms with Crippen molar-refractivity contribution in [2.24, 2.45) is 0 Å². The Hall–Kier alpha value is -2.37. The van der Waals surface area contributed by atoms with Crippen LogP contribution in [0.1, 0.15) is 12.6 Å². The minimum Gasteiger partial charge on any atom is -0.466 e. The second-order valence-electron chi connectivity index (χ2n) is 3.72. The van der Waals surface area contributed by atoms with E-state index in [1.165, 1.54) is 0 Å². The molecule has 2 N–H and O–H groups in total. The lowest BCUT2D eigenvalue weighted by Gasteiger charge is -2.07. The van der Waals surface area contributed by atoms with Crippen molar-refractivity contribution in [2.45, 2.75) is 13.3 Å². The van der Waals surface area contributed by atoms with Gasteiger partial charge in [0.15, 0.2) is 0 Å². The zero-order valence-corrected chi connectivity index (χ0v) is 9.92. The van der Waals surface area contributed by atoms with Gasteiger partial charge in [-0.3, -0.25) is 9.59 Å². The van der Waals surface area contributed by atoms with Crippen LogP contribution in [0, 0.1) is 0 Å². The Morgan fingerprint density at radius 1 is 1.39 bits per heavy atom. The van der Waals surface area contributed by atoms with Crippen molar-refractivity contribution in [2.75, 3.05) is 12.4 Å². The lowest BCUT2D eigenvalue weighted by molar-refractivity contribution is -0.142. The van der Waals surface area contributed by atoms with Crippen molar-refractivity contribution in [1.29, 1.82) is 0 Å². The minimum absolute atomic E-state index is 0.00810. The molecule has 0 radical (unpaired) electrons. The Bertz CT molecular complexity index is 649. The van der Waals surface area contributed by atoms with Crippen molar-refractivity contribution >= 4 is 16.7 Å². The van der Waals surface area contributed by atoms with Crippen molar-refractivity contribution in [3.63, 3.8) is 0 Å². The van der Waals surface area contributed by atoms with Crippen molar-refractivity contribution < 1.29 is 9.53 Å². The van der Waals surface area contributed by atoms with Gasteiger partial charge in [0.25, 0.3) is 5.56 Å². The van der Waals surface area contributed by atoms with E-state index in [2.05, 4.69) is 5.10 Å². The summed E-state index contributed by atoms with van der Waals surface area (Å²) in [5.41, 5.74) is 0.0457. The quantitative estimate of drug-likeness (QED) is 0.619. The number of hydrogen-bond donors (Lipinski definition) is 1. The molecule has 2 rings (SSSR count). The lowest BCUT2D eigenvalue weighted by Crippen LogP contribution is -2.31. The number of carbonyl (C=O) groups excluding carboxylic acids is 1. The Balaban J connectivity index is 2.54. The molecule has 1 aromatic carbocycles. The van der Waals surface area contributed by atoms with Gasteiger partial charge >= 0.3 is 5.97 Å². The molecule has 1 aromatic heterocycles. The average Bonchev–Trinajstić information content (AvgIpc) is 2.36. The van der Waals surface area contributed by atoms with E-state index in [1.54, 1.807) is 31.2 Å². The monoisotopic (exact) mass is 247 g/mol. The maximum Gasteiger partial charge on any atom is 0.311 e. The number of fused-ring (bicyclic) bond motifs is 1. The normalized spacial score (nSPS) is 10.5. The van der Waals surface area contributed by atoms with Crippen molar-refractivity contribution in [3.8, 4) is 0 Å². The van der Waals surface area contributed by atoms with E-state index >= 15 is 0 Å². The summed E-state index contributed by atoms with van der Waals surface area (Å²) in [5.74, 6) is 5.08. The van der Waals surface area contributed by atoms with Gasteiger partial charge in [-0.05, 0) is 13.0 Å². The summed E-state index contributed by atoms with van der Waals surface area (Å²) in [7, 11) is 0. The number of hydrogen-bond acceptors (Lipinski definition) is 5. The maximum atomic E-state index is 11.8.